The summed E-state index contributed by atoms with van der Waals surface area (Å²) < 4.78 is 128. The van der Waals surface area contributed by atoms with Gasteiger partial charge in [-0.25, -0.2) is 69.6 Å². The quantitative estimate of drug-likeness (QED) is 0.0200. The summed E-state index contributed by atoms with van der Waals surface area (Å²) in [4.78, 5) is 99.9. The largest absolute Gasteiger partial charge is 0.507 e. The normalized spacial score (nSPS) is 13.0. The number of nitro groups is 1. The molecule has 133 heavy (non-hydrogen) atoms. The summed E-state index contributed by atoms with van der Waals surface area (Å²) in [6.07, 6.45) is 13.9. The Morgan fingerprint density at radius 1 is 0.504 bits per heavy atom. The number of rotatable bonds is 23. The van der Waals surface area contributed by atoms with Crippen molar-refractivity contribution in [3.8, 4) is 90.0 Å². The monoisotopic (exact) mass is 1890 g/mol. The van der Waals surface area contributed by atoms with Crippen LogP contribution in [0.2, 0.25) is 20.1 Å². The summed E-state index contributed by atoms with van der Waals surface area (Å²) in [5.74, 6) is -8.42. The molecule has 9 aromatic carbocycles. The molecule has 17 rings (SSSR count). The van der Waals surface area contributed by atoms with E-state index in [4.69, 9.17) is 51.1 Å². The number of imidazole rings is 1. The molecule has 2 saturated heterocycles. The Hall–Kier alpha value is -15.0. The number of ketones is 3. The lowest BCUT2D eigenvalue weighted by Crippen LogP contribution is -2.48. The van der Waals surface area contributed by atoms with Crippen molar-refractivity contribution >= 4 is 131 Å². The van der Waals surface area contributed by atoms with Crippen molar-refractivity contribution in [2.75, 3.05) is 56.0 Å². The van der Waals surface area contributed by atoms with Crippen LogP contribution in [0.25, 0.3) is 111 Å². The molecule has 0 aliphatic carbocycles. The fraction of sp³-hybridized carbons (Fsp3) is 0.135. The fourth-order valence-electron chi connectivity index (χ4n) is 15.3. The Kier molecular flexibility index (Phi) is 29.0. The number of hydrogen-bond donors (Lipinski definition) is 4. The Labute approximate surface area is 771 Å². The Balaban J connectivity index is 0.000000143. The molecule has 0 saturated carbocycles. The molecule has 15 aromatic rings. The van der Waals surface area contributed by atoms with Crippen molar-refractivity contribution in [3.05, 3.63) is 321 Å². The number of nitrogens with zero attached hydrogens (tertiary/aromatic N) is 14. The zero-order chi connectivity index (χ0) is 94.9. The molecular weight excluding hydrogens is 1820 g/mol. The van der Waals surface area contributed by atoms with Crippen LogP contribution in [-0.2, 0) is 45.7 Å². The van der Waals surface area contributed by atoms with Crippen molar-refractivity contribution in [3.63, 3.8) is 0 Å². The van der Waals surface area contributed by atoms with Gasteiger partial charge in [-0.2, -0.15) is 0 Å². The molecule has 0 spiro atoms. The maximum atomic E-state index is 16.1. The number of likely N-dealkylation sites (tertiary alicyclic amines) is 1. The van der Waals surface area contributed by atoms with E-state index in [0.717, 1.165) is 42.8 Å². The van der Waals surface area contributed by atoms with Crippen LogP contribution in [0.3, 0.4) is 0 Å². The van der Waals surface area contributed by atoms with Gasteiger partial charge in [-0.3, -0.25) is 34.0 Å². The number of allylic oxidation sites excluding steroid dienone is 2. The van der Waals surface area contributed by atoms with Gasteiger partial charge >= 0.3 is 5.95 Å². The third-order valence-corrected chi connectivity index (χ3v) is 22.9. The molecule has 8 heterocycles. The van der Waals surface area contributed by atoms with Gasteiger partial charge < -0.3 is 45.3 Å². The van der Waals surface area contributed by atoms with E-state index >= 15 is 22.0 Å². The van der Waals surface area contributed by atoms with Crippen molar-refractivity contribution in [2.24, 2.45) is 7.05 Å². The smallest absolute Gasteiger partial charge is 0.434 e. The minimum absolute atomic E-state index is 0.0174. The highest BCUT2D eigenvalue weighted by Crippen LogP contribution is 2.48. The topological polar surface area (TPSA) is 324 Å². The van der Waals surface area contributed by atoms with Crippen LogP contribution in [0.5, 0.6) is 23.0 Å². The average Bonchev–Trinajstić information content (AvgIpc) is 1.34. The predicted molar refractivity (Wildman–Crippen MR) is 490 cm³/mol. The van der Waals surface area contributed by atoms with E-state index in [1.165, 1.54) is 146 Å². The number of carbonyl (C=O) groups is 4. The van der Waals surface area contributed by atoms with Crippen LogP contribution >= 0.6 is 46.4 Å². The van der Waals surface area contributed by atoms with Gasteiger partial charge in [0.1, 0.15) is 106 Å². The third-order valence-electron chi connectivity index (χ3n) is 21.7. The molecular formula is C96H71Cl4F8N15O10. The molecule has 2 aliphatic heterocycles. The molecule has 2 fully saturated rings. The first-order valence-corrected chi connectivity index (χ1v) is 41.7. The zero-order valence-corrected chi connectivity index (χ0v) is 72.8. The number of fused-ring (bicyclic) bond motifs is 4. The van der Waals surface area contributed by atoms with Gasteiger partial charge in [0.05, 0.1) is 73.7 Å². The number of aromatic nitrogens is 10. The number of hydrogen-bond acceptors (Lipinski definition) is 22. The first-order valence-electron chi connectivity index (χ1n) is 40.2. The zero-order valence-electron chi connectivity index (χ0n) is 69.7. The van der Waals surface area contributed by atoms with Crippen LogP contribution in [0.1, 0.15) is 23.4 Å². The number of phenols is 3. The maximum Gasteiger partial charge on any atom is 0.434 e. The lowest BCUT2D eigenvalue weighted by molar-refractivity contribution is -0.396. The molecule has 37 heteroatoms. The molecule has 25 nitrogen and oxygen atoms in total. The molecule has 2 aliphatic rings. The Morgan fingerprint density at radius 2 is 0.970 bits per heavy atom. The van der Waals surface area contributed by atoms with E-state index in [-0.39, 0.29) is 152 Å². The molecule has 0 radical (unpaired) electrons. The van der Waals surface area contributed by atoms with E-state index in [2.05, 4.69) is 76.5 Å². The molecule has 1 amide bonds. The number of halogens is 12. The second-order valence-electron chi connectivity index (χ2n) is 29.9. The van der Waals surface area contributed by atoms with E-state index in [1.807, 2.05) is 9.80 Å². The van der Waals surface area contributed by atoms with Crippen molar-refractivity contribution in [1.82, 2.24) is 59.2 Å². The highest BCUT2D eigenvalue weighted by molar-refractivity contribution is 6.36. The number of carbonyl (C=O) groups excluding carboxylic acids is 4. The van der Waals surface area contributed by atoms with Crippen LogP contribution < -0.4 is 15.0 Å². The van der Waals surface area contributed by atoms with Gasteiger partial charge in [0.25, 0.3) is 0 Å². The van der Waals surface area contributed by atoms with E-state index in [1.54, 1.807) is 47.4 Å². The summed E-state index contributed by atoms with van der Waals surface area (Å²) in [7, 11) is 1.45. The number of benzene rings is 9. The number of anilines is 2. The van der Waals surface area contributed by atoms with Crippen LogP contribution in [-0.4, -0.2) is 155 Å². The first kappa shape index (κ1) is 94.1. The summed E-state index contributed by atoms with van der Waals surface area (Å²) in [5, 5.41) is 45.8. The van der Waals surface area contributed by atoms with Crippen molar-refractivity contribution < 1.29 is 79.3 Å². The average molecular weight is 1890 g/mol. The van der Waals surface area contributed by atoms with Crippen LogP contribution in [0, 0.1) is 56.7 Å². The number of ether oxygens (including phenoxy) is 1. The van der Waals surface area contributed by atoms with E-state index < -0.39 is 68.7 Å². The lowest BCUT2D eigenvalue weighted by atomic mass is 9.98. The van der Waals surface area contributed by atoms with Gasteiger partial charge in [-0.05, 0) is 138 Å². The standard InChI is InChI=1S/C26H22ClF2N7O4.C24H15ClF2N2O2.C23H20ClF2N3O2.C23H14ClF2N3O2/c1-3-20(37)34-7-9-35(10-8-34)25-16-11-17(27)21(23(29)24(16)31-14-32-25)22-18(28)5-4-6-19(22)40-13-15-12-30-26(33(15)2)36(38)39;1-2-15(30)10-13-5-3-6-14(9-13)23-16-11-17(25)20(22(27)24(16)29-12-28-23)21-18(26)7-4-8-19(21)31;1-2-14(30)12-29-9-7-13(11-29)28-18-6-8-27-23-15(18)10-16(24)20(22(23)26)21-17(25)4-3-5-19(21)31;1-2-14(30)9-13-8-12(6-7-27-13)22-15-10-16(24)19(21(26)23(15)29-11-28-22)20-17(25)4-3-5-18(20)31/h3-6,11-12,14H,1,7-10,13H2,2H3;2-9,11-12,31H,1,10H2;2-6,8,10,13,31H,1,7,9,11-12H2,(H,27,28);2-8,10-11,31H,1,9H2. The molecule has 1 atom stereocenters. The minimum Gasteiger partial charge on any atom is -0.507 e. The first-order chi connectivity index (χ1) is 63.9. The minimum atomic E-state index is -0.886. The van der Waals surface area contributed by atoms with Gasteiger partial charge in [0.15, 0.2) is 46.3 Å². The molecule has 1 unspecified atom stereocenters. The van der Waals surface area contributed by atoms with Crippen LogP contribution in [0.4, 0.5) is 52.6 Å². The summed E-state index contributed by atoms with van der Waals surface area (Å²) in [5.41, 5.74) is 1.75. The molecule has 674 valence electrons. The SMILES string of the molecule is C=CC(=O)CN1CCC(Nc2ccnc3c(F)c(-c4c(O)cccc4F)c(Cl)cc23)C1.C=CC(=O)Cc1cc(-c2ncnc3c(F)c(-c4c(O)cccc4F)c(Cl)cc23)ccn1.C=CC(=O)Cc1cccc(-c2ncnc3c(F)c(-c4c(O)cccc4F)c(Cl)cc23)c1.C=CC(=O)N1CCN(c2ncnc3c(F)c(-c4c(F)cccc4OCc4cnc([N+](=O)[O-])n4C)c(Cl)cc23)CC1. The van der Waals surface area contributed by atoms with Crippen molar-refractivity contribution in [1.29, 1.82) is 0 Å². The van der Waals surface area contributed by atoms with Gasteiger partial charge in [0, 0.05) is 130 Å². The number of pyridine rings is 2. The predicted octanol–water partition coefficient (Wildman–Crippen LogP) is 20.3. The highest BCUT2D eigenvalue weighted by Gasteiger charge is 2.32. The summed E-state index contributed by atoms with van der Waals surface area (Å²) in [6, 6.07) is 33.1. The highest BCUT2D eigenvalue weighted by atomic mass is 35.5. The number of aromatic hydroxyl groups is 3. The molecule has 0 bridgehead atoms. The maximum absolute atomic E-state index is 16.1. The lowest BCUT2D eigenvalue weighted by Gasteiger charge is -2.35. The van der Waals surface area contributed by atoms with Gasteiger partial charge in [-0.15, -0.1) is 0 Å². The Bertz CT molecular complexity index is 6970. The second-order valence-corrected chi connectivity index (χ2v) is 31.6. The molecule has 6 aromatic heterocycles. The second kappa shape index (κ2) is 41.0. The van der Waals surface area contributed by atoms with E-state index in [9.17, 15) is 57.8 Å². The van der Waals surface area contributed by atoms with Crippen molar-refractivity contribution in [2.45, 2.75) is 31.9 Å². The Morgan fingerprint density at radius 3 is 1.49 bits per heavy atom. The number of nitrogens with one attached hydrogen (secondary N) is 1. The third kappa shape index (κ3) is 20.0. The number of amides is 1. The van der Waals surface area contributed by atoms with Gasteiger partial charge in [0.2, 0.25) is 5.91 Å². The molecule has 4 N–H and O–H groups in total. The van der Waals surface area contributed by atoms with E-state index in [0.29, 0.717) is 101 Å². The summed E-state index contributed by atoms with van der Waals surface area (Å²) in [6.45, 7) is 17.2. The van der Waals surface area contributed by atoms with Gasteiger partial charge in [-0.1, -0.05) is 120 Å². The summed E-state index contributed by atoms with van der Waals surface area (Å²) >= 11 is 25.6. The number of piperazine rings is 1. The fourth-order valence-corrected chi connectivity index (χ4v) is 16.5. The number of phenolic OH excluding ortho intramolecular Hbond substituents is 3. The van der Waals surface area contributed by atoms with Crippen LogP contribution in [0.15, 0.2) is 228 Å².